The molecule has 1 atom stereocenters. The summed E-state index contributed by atoms with van der Waals surface area (Å²) in [4.78, 5) is 14.3. The van der Waals surface area contributed by atoms with Gasteiger partial charge in [-0.15, -0.1) is 0 Å². The SMILES string of the molecule is Cc1cc(C(=O)N2CCC(OCC3CC3)C2)c(C)o1. The molecule has 1 aliphatic heterocycles. The average molecular weight is 263 g/mol. The van der Waals surface area contributed by atoms with Crippen LogP contribution >= 0.6 is 0 Å². The number of aryl methyl sites for hydroxylation is 2. The molecule has 2 heterocycles. The third-order valence-electron chi connectivity index (χ3n) is 3.97. The van der Waals surface area contributed by atoms with Crippen LogP contribution in [-0.2, 0) is 4.74 Å². The average Bonchev–Trinajstić information content (AvgIpc) is 2.98. The maximum absolute atomic E-state index is 12.4. The van der Waals surface area contributed by atoms with Crippen LogP contribution in [0.3, 0.4) is 0 Å². The first-order chi connectivity index (χ1) is 9.13. The van der Waals surface area contributed by atoms with Crippen molar-refractivity contribution in [3.8, 4) is 0 Å². The second-order valence-electron chi connectivity index (χ2n) is 5.77. The van der Waals surface area contributed by atoms with Crippen molar-refractivity contribution in [2.45, 2.75) is 39.2 Å². The van der Waals surface area contributed by atoms with Crippen molar-refractivity contribution in [1.82, 2.24) is 4.90 Å². The Labute approximate surface area is 113 Å². The van der Waals surface area contributed by atoms with E-state index in [1.807, 2.05) is 24.8 Å². The van der Waals surface area contributed by atoms with Gasteiger partial charge in [-0.05, 0) is 45.1 Å². The van der Waals surface area contributed by atoms with Crippen LogP contribution in [0.25, 0.3) is 0 Å². The highest BCUT2D eigenvalue weighted by Crippen LogP contribution is 2.30. The first kappa shape index (κ1) is 12.7. The van der Waals surface area contributed by atoms with Gasteiger partial charge in [0, 0.05) is 19.7 Å². The number of nitrogens with zero attached hydrogens (tertiary/aromatic N) is 1. The van der Waals surface area contributed by atoms with Gasteiger partial charge in [0.15, 0.2) is 0 Å². The Kier molecular flexibility index (Phi) is 3.35. The number of hydrogen-bond donors (Lipinski definition) is 0. The number of carbonyl (C=O) groups excluding carboxylic acids is 1. The molecule has 1 unspecified atom stereocenters. The molecule has 2 aliphatic rings. The van der Waals surface area contributed by atoms with E-state index in [0.29, 0.717) is 11.3 Å². The fraction of sp³-hybridized carbons (Fsp3) is 0.667. The van der Waals surface area contributed by atoms with Crippen LogP contribution in [0, 0.1) is 19.8 Å². The second-order valence-corrected chi connectivity index (χ2v) is 5.77. The molecular formula is C15H21NO3. The maximum Gasteiger partial charge on any atom is 0.257 e. The van der Waals surface area contributed by atoms with Gasteiger partial charge in [-0.3, -0.25) is 4.79 Å². The molecule has 104 valence electrons. The van der Waals surface area contributed by atoms with Crippen LogP contribution in [-0.4, -0.2) is 36.6 Å². The molecule has 0 spiro atoms. The van der Waals surface area contributed by atoms with Crippen molar-refractivity contribution < 1.29 is 13.9 Å². The lowest BCUT2D eigenvalue weighted by Gasteiger charge is -2.16. The number of likely N-dealkylation sites (tertiary alicyclic amines) is 1. The fourth-order valence-corrected chi connectivity index (χ4v) is 2.62. The molecule has 0 aromatic carbocycles. The van der Waals surface area contributed by atoms with Crippen LogP contribution in [0.15, 0.2) is 10.5 Å². The Morgan fingerprint density at radius 2 is 2.21 bits per heavy atom. The summed E-state index contributed by atoms with van der Waals surface area (Å²) in [5.74, 6) is 2.36. The number of ether oxygens (including phenoxy) is 1. The summed E-state index contributed by atoms with van der Waals surface area (Å²) in [6.45, 7) is 6.09. The molecule has 1 aliphatic carbocycles. The first-order valence-electron chi connectivity index (χ1n) is 7.11. The van der Waals surface area contributed by atoms with Crippen molar-refractivity contribution in [3.63, 3.8) is 0 Å². The summed E-state index contributed by atoms with van der Waals surface area (Å²) in [6, 6.07) is 1.83. The standard InChI is InChI=1S/C15H21NO3/c1-10-7-14(11(2)19-10)15(17)16-6-5-13(8-16)18-9-12-3-4-12/h7,12-13H,3-6,8-9H2,1-2H3. The third-order valence-corrected chi connectivity index (χ3v) is 3.97. The van der Waals surface area contributed by atoms with E-state index in [1.165, 1.54) is 12.8 Å². The molecule has 1 saturated carbocycles. The Hall–Kier alpha value is -1.29. The van der Waals surface area contributed by atoms with Crippen LogP contribution in [0.2, 0.25) is 0 Å². The third kappa shape index (κ3) is 2.84. The lowest BCUT2D eigenvalue weighted by Crippen LogP contribution is -2.30. The quantitative estimate of drug-likeness (QED) is 0.838. The predicted octanol–water partition coefficient (Wildman–Crippen LogP) is 2.54. The fourth-order valence-electron chi connectivity index (χ4n) is 2.62. The number of hydrogen-bond acceptors (Lipinski definition) is 3. The van der Waals surface area contributed by atoms with E-state index < -0.39 is 0 Å². The summed E-state index contributed by atoms with van der Waals surface area (Å²) >= 11 is 0. The molecule has 2 fully saturated rings. The van der Waals surface area contributed by atoms with Gasteiger partial charge in [0.25, 0.3) is 5.91 Å². The number of rotatable bonds is 4. The predicted molar refractivity (Wildman–Crippen MR) is 71.2 cm³/mol. The van der Waals surface area contributed by atoms with Crippen molar-refractivity contribution in [3.05, 3.63) is 23.2 Å². The van der Waals surface area contributed by atoms with Gasteiger partial charge in [0.2, 0.25) is 0 Å². The summed E-state index contributed by atoms with van der Waals surface area (Å²) < 4.78 is 11.3. The largest absolute Gasteiger partial charge is 0.466 e. The van der Waals surface area contributed by atoms with Crippen molar-refractivity contribution in [1.29, 1.82) is 0 Å². The second kappa shape index (κ2) is 5.00. The molecule has 1 saturated heterocycles. The van der Waals surface area contributed by atoms with E-state index >= 15 is 0 Å². The first-order valence-corrected chi connectivity index (χ1v) is 7.11. The molecule has 4 heteroatoms. The van der Waals surface area contributed by atoms with Gasteiger partial charge in [-0.2, -0.15) is 0 Å². The minimum atomic E-state index is 0.0758. The molecule has 3 rings (SSSR count). The van der Waals surface area contributed by atoms with E-state index in [0.717, 1.165) is 37.8 Å². The highest BCUT2D eigenvalue weighted by molar-refractivity contribution is 5.95. The molecular weight excluding hydrogens is 242 g/mol. The van der Waals surface area contributed by atoms with Crippen molar-refractivity contribution in [2.75, 3.05) is 19.7 Å². The molecule has 0 bridgehead atoms. The molecule has 1 aromatic rings. The Morgan fingerprint density at radius 1 is 1.42 bits per heavy atom. The van der Waals surface area contributed by atoms with Crippen LogP contribution in [0.1, 0.15) is 41.1 Å². The molecule has 0 radical (unpaired) electrons. The van der Waals surface area contributed by atoms with Gasteiger partial charge >= 0.3 is 0 Å². The summed E-state index contributed by atoms with van der Waals surface area (Å²) in [7, 11) is 0. The van der Waals surface area contributed by atoms with Gasteiger partial charge in [0.1, 0.15) is 11.5 Å². The van der Waals surface area contributed by atoms with Crippen molar-refractivity contribution in [2.24, 2.45) is 5.92 Å². The van der Waals surface area contributed by atoms with Crippen LogP contribution in [0.5, 0.6) is 0 Å². The zero-order chi connectivity index (χ0) is 13.4. The minimum Gasteiger partial charge on any atom is -0.466 e. The van der Waals surface area contributed by atoms with E-state index in [2.05, 4.69) is 0 Å². The summed E-state index contributed by atoms with van der Waals surface area (Å²) in [5, 5.41) is 0. The topological polar surface area (TPSA) is 42.7 Å². The smallest absolute Gasteiger partial charge is 0.257 e. The highest BCUT2D eigenvalue weighted by Gasteiger charge is 2.31. The number of amides is 1. The normalized spacial score (nSPS) is 23.1. The Balaban J connectivity index is 1.57. The lowest BCUT2D eigenvalue weighted by atomic mass is 10.2. The summed E-state index contributed by atoms with van der Waals surface area (Å²) in [5.41, 5.74) is 0.695. The minimum absolute atomic E-state index is 0.0758. The van der Waals surface area contributed by atoms with Crippen LogP contribution in [0.4, 0.5) is 0 Å². The molecule has 19 heavy (non-hydrogen) atoms. The van der Waals surface area contributed by atoms with E-state index in [-0.39, 0.29) is 12.0 Å². The van der Waals surface area contributed by atoms with E-state index in [4.69, 9.17) is 9.15 Å². The zero-order valence-corrected chi connectivity index (χ0v) is 11.6. The lowest BCUT2D eigenvalue weighted by molar-refractivity contribution is 0.0480. The highest BCUT2D eigenvalue weighted by atomic mass is 16.5. The van der Waals surface area contributed by atoms with Gasteiger partial charge in [0.05, 0.1) is 11.7 Å². The van der Waals surface area contributed by atoms with E-state index in [1.54, 1.807) is 0 Å². The van der Waals surface area contributed by atoms with Crippen molar-refractivity contribution >= 4 is 5.91 Å². The molecule has 1 aromatic heterocycles. The Morgan fingerprint density at radius 3 is 2.84 bits per heavy atom. The zero-order valence-electron chi connectivity index (χ0n) is 11.6. The monoisotopic (exact) mass is 263 g/mol. The molecule has 0 N–H and O–H groups in total. The number of furan rings is 1. The van der Waals surface area contributed by atoms with Gasteiger partial charge in [-0.25, -0.2) is 0 Å². The molecule has 1 amide bonds. The van der Waals surface area contributed by atoms with E-state index in [9.17, 15) is 4.79 Å². The van der Waals surface area contributed by atoms with Gasteiger partial charge < -0.3 is 14.1 Å². The number of carbonyl (C=O) groups is 1. The Bertz CT molecular complexity index is 476. The summed E-state index contributed by atoms with van der Waals surface area (Å²) in [6.07, 6.45) is 3.79. The maximum atomic E-state index is 12.4. The van der Waals surface area contributed by atoms with Gasteiger partial charge in [-0.1, -0.05) is 0 Å². The van der Waals surface area contributed by atoms with Crippen LogP contribution < -0.4 is 0 Å². The molecule has 4 nitrogen and oxygen atoms in total.